The molecule has 0 bridgehead atoms. The van der Waals surface area contributed by atoms with Crippen LogP contribution >= 0.6 is 9.39 Å². The highest BCUT2D eigenvalue weighted by atomic mass is 31.0. The van der Waals surface area contributed by atoms with Gasteiger partial charge in [-0.3, -0.25) is 9.88 Å². The van der Waals surface area contributed by atoms with E-state index in [9.17, 15) is 4.79 Å². The average molecular weight is 326 g/mol. The second-order valence-electron chi connectivity index (χ2n) is 5.18. The van der Waals surface area contributed by atoms with E-state index in [2.05, 4.69) is 33.2 Å². The summed E-state index contributed by atoms with van der Waals surface area (Å²) in [5.74, 6) is 0.0286. The first kappa shape index (κ1) is 17.4. The Morgan fingerprint density at radius 3 is 2.57 bits per heavy atom. The molecule has 1 aliphatic rings. The van der Waals surface area contributed by atoms with Gasteiger partial charge in [0.15, 0.2) is 0 Å². The lowest BCUT2D eigenvalue weighted by Gasteiger charge is -2.25. The van der Waals surface area contributed by atoms with Gasteiger partial charge >= 0.3 is 0 Å². The van der Waals surface area contributed by atoms with E-state index in [1.165, 1.54) is 0 Å². The van der Waals surface area contributed by atoms with Gasteiger partial charge in [-0.05, 0) is 37.1 Å². The summed E-state index contributed by atoms with van der Waals surface area (Å²) in [5.41, 5.74) is 3.93. The molecule has 1 heterocycles. The Hall–Kier alpha value is -1.96. The lowest BCUT2D eigenvalue weighted by atomic mass is 9.95. The van der Waals surface area contributed by atoms with E-state index < -0.39 is 6.04 Å². The molecule has 0 saturated heterocycles. The SMILES string of the molecule is C=CC1=C(/C=C\C)N(CC)C(=O)C(NP)C=C1c1ccccc1. The van der Waals surface area contributed by atoms with E-state index in [0.29, 0.717) is 6.54 Å². The third-order valence-corrected chi connectivity index (χ3v) is 4.19. The lowest BCUT2D eigenvalue weighted by molar-refractivity contribution is -0.129. The minimum Gasteiger partial charge on any atom is -0.310 e. The summed E-state index contributed by atoms with van der Waals surface area (Å²) in [6, 6.07) is 9.69. The van der Waals surface area contributed by atoms with Crippen LogP contribution in [0, 0.1) is 0 Å². The normalized spacial score (nSPS) is 19.1. The summed E-state index contributed by atoms with van der Waals surface area (Å²) in [6.45, 7) is 8.52. The molecule has 0 saturated carbocycles. The monoisotopic (exact) mass is 326 g/mol. The topological polar surface area (TPSA) is 32.3 Å². The third-order valence-electron chi connectivity index (χ3n) is 3.83. The number of likely N-dealkylation sites (N-methyl/N-ethyl adjacent to an activating group) is 1. The van der Waals surface area contributed by atoms with Crippen LogP contribution in [-0.4, -0.2) is 23.4 Å². The van der Waals surface area contributed by atoms with E-state index in [0.717, 1.165) is 22.4 Å². The van der Waals surface area contributed by atoms with Crippen LogP contribution in [-0.2, 0) is 4.79 Å². The molecule has 2 rings (SSSR count). The number of rotatable bonds is 5. The van der Waals surface area contributed by atoms with Crippen molar-refractivity contribution in [3.63, 3.8) is 0 Å². The van der Waals surface area contributed by atoms with E-state index in [-0.39, 0.29) is 5.91 Å². The fraction of sp³-hybridized carbons (Fsp3) is 0.211. The molecule has 1 aromatic rings. The van der Waals surface area contributed by atoms with Gasteiger partial charge in [0.2, 0.25) is 5.91 Å². The van der Waals surface area contributed by atoms with Gasteiger partial charge < -0.3 is 4.90 Å². The number of hydrogen-bond acceptors (Lipinski definition) is 2. The molecule has 1 amide bonds. The summed E-state index contributed by atoms with van der Waals surface area (Å²) in [4.78, 5) is 14.6. The first-order chi connectivity index (χ1) is 11.2. The smallest absolute Gasteiger partial charge is 0.248 e. The molecule has 0 aromatic heterocycles. The molecule has 1 N–H and O–H groups in total. The van der Waals surface area contributed by atoms with Gasteiger partial charge in [0.05, 0.1) is 5.70 Å². The number of nitrogens with one attached hydrogen (secondary N) is 1. The van der Waals surface area contributed by atoms with Crippen molar-refractivity contribution in [2.24, 2.45) is 0 Å². The second-order valence-corrected chi connectivity index (χ2v) is 5.51. The molecule has 0 aliphatic carbocycles. The first-order valence-electron chi connectivity index (χ1n) is 7.72. The van der Waals surface area contributed by atoms with E-state index >= 15 is 0 Å². The highest BCUT2D eigenvalue weighted by Crippen LogP contribution is 2.32. The fourth-order valence-electron chi connectivity index (χ4n) is 2.76. The van der Waals surface area contributed by atoms with Gasteiger partial charge in [0.1, 0.15) is 6.04 Å². The number of hydrogen-bond donors (Lipinski definition) is 1. The molecule has 0 spiro atoms. The van der Waals surface area contributed by atoms with Gasteiger partial charge in [-0.2, -0.15) is 0 Å². The Bertz CT molecular complexity index is 674. The Kier molecular flexibility index (Phi) is 6.09. The number of amides is 1. The molecule has 2 atom stereocenters. The summed E-state index contributed by atoms with van der Waals surface area (Å²) in [6.07, 6.45) is 7.72. The van der Waals surface area contributed by atoms with Crippen molar-refractivity contribution in [2.45, 2.75) is 19.9 Å². The zero-order chi connectivity index (χ0) is 16.8. The van der Waals surface area contributed by atoms with Gasteiger partial charge in [-0.1, -0.05) is 58.5 Å². The maximum Gasteiger partial charge on any atom is 0.248 e. The molecule has 1 aromatic carbocycles. The van der Waals surface area contributed by atoms with Crippen LogP contribution in [0.2, 0.25) is 0 Å². The molecule has 0 radical (unpaired) electrons. The van der Waals surface area contributed by atoms with Gasteiger partial charge in [0.25, 0.3) is 0 Å². The predicted molar refractivity (Wildman–Crippen MR) is 100 cm³/mol. The lowest BCUT2D eigenvalue weighted by Crippen LogP contribution is -2.41. The van der Waals surface area contributed by atoms with Crippen molar-refractivity contribution >= 4 is 20.9 Å². The Balaban J connectivity index is 2.75. The molecule has 0 fully saturated rings. The molecule has 1 aliphatic heterocycles. The highest BCUT2D eigenvalue weighted by molar-refractivity contribution is 7.13. The highest BCUT2D eigenvalue weighted by Gasteiger charge is 2.28. The van der Waals surface area contributed by atoms with Crippen molar-refractivity contribution < 1.29 is 4.79 Å². The number of benzene rings is 1. The molecule has 3 nitrogen and oxygen atoms in total. The minimum atomic E-state index is -0.395. The van der Waals surface area contributed by atoms with Gasteiger partial charge in [-0.25, -0.2) is 0 Å². The van der Waals surface area contributed by atoms with Crippen molar-refractivity contribution in [3.8, 4) is 0 Å². The predicted octanol–water partition coefficient (Wildman–Crippen LogP) is 3.70. The summed E-state index contributed by atoms with van der Waals surface area (Å²) >= 11 is 0. The molecular formula is C19H23N2OP. The first-order valence-corrected chi connectivity index (χ1v) is 8.30. The van der Waals surface area contributed by atoms with E-state index in [1.807, 2.05) is 56.4 Å². The van der Waals surface area contributed by atoms with Gasteiger partial charge in [0, 0.05) is 12.1 Å². The quantitative estimate of drug-likeness (QED) is 0.837. The van der Waals surface area contributed by atoms with Gasteiger partial charge in [-0.15, -0.1) is 0 Å². The second kappa shape index (κ2) is 8.05. The maximum atomic E-state index is 12.8. The van der Waals surface area contributed by atoms with Crippen LogP contribution in [0.4, 0.5) is 0 Å². The molecular weight excluding hydrogens is 303 g/mol. The number of allylic oxidation sites excluding steroid dienone is 5. The zero-order valence-electron chi connectivity index (χ0n) is 13.6. The van der Waals surface area contributed by atoms with Crippen molar-refractivity contribution in [3.05, 3.63) is 78.0 Å². The van der Waals surface area contributed by atoms with Crippen LogP contribution in [0.5, 0.6) is 0 Å². The Morgan fingerprint density at radius 1 is 1.35 bits per heavy atom. The maximum absolute atomic E-state index is 12.8. The van der Waals surface area contributed by atoms with E-state index in [4.69, 9.17) is 0 Å². The van der Waals surface area contributed by atoms with Crippen LogP contribution in [0.15, 0.2) is 72.5 Å². The molecule has 4 heteroatoms. The zero-order valence-corrected chi connectivity index (χ0v) is 14.8. The summed E-state index contributed by atoms with van der Waals surface area (Å²) < 4.78 is 0. The molecule has 120 valence electrons. The van der Waals surface area contributed by atoms with Crippen LogP contribution < -0.4 is 5.09 Å². The van der Waals surface area contributed by atoms with Crippen LogP contribution in [0.3, 0.4) is 0 Å². The van der Waals surface area contributed by atoms with Crippen molar-refractivity contribution in [1.29, 1.82) is 0 Å². The number of carbonyl (C=O) groups excluding carboxylic acids is 1. The summed E-state index contributed by atoms with van der Waals surface area (Å²) in [7, 11) is 2.44. The average Bonchev–Trinajstić information content (AvgIpc) is 2.70. The largest absolute Gasteiger partial charge is 0.310 e. The molecule has 2 unspecified atom stereocenters. The Morgan fingerprint density at radius 2 is 2.04 bits per heavy atom. The fourth-order valence-corrected chi connectivity index (χ4v) is 3.00. The Labute approximate surface area is 140 Å². The van der Waals surface area contributed by atoms with Crippen molar-refractivity contribution in [2.75, 3.05) is 6.54 Å². The van der Waals surface area contributed by atoms with Crippen LogP contribution in [0.25, 0.3) is 5.57 Å². The third kappa shape index (κ3) is 3.52. The molecule has 23 heavy (non-hydrogen) atoms. The minimum absolute atomic E-state index is 0.0286. The van der Waals surface area contributed by atoms with Crippen LogP contribution in [0.1, 0.15) is 19.4 Å². The number of carbonyl (C=O) groups is 1. The number of nitrogens with zero attached hydrogens (tertiary/aromatic N) is 1. The van der Waals surface area contributed by atoms with Crippen molar-refractivity contribution in [1.82, 2.24) is 9.99 Å². The summed E-state index contributed by atoms with van der Waals surface area (Å²) in [5, 5.41) is 3.03. The van der Waals surface area contributed by atoms with E-state index in [1.54, 1.807) is 4.90 Å². The standard InChI is InChI=1S/C19H23N2OP/c1-4-10-18-15(5-2)16(14-11-8-7-9-12-14)13-17(20-23)19(22)21(18)6-3/h4-5,7-13,17,20H,2,6,23H2,1,3H3/b10-4-.